The van der Waals surface area contributed by atoms with E-state index in [0.717, 1.165) is 33.2 Å². The zero-order valence-corrected chi connectivity index (χ0v) is 31.5. The van der Waals surface area contributed by atoms with Gasteiger partial charge < -0.3 is 4.57 Å². The molecule has 0 atom stereocenters. The van der Waals surface area contributed by atoms with Gasteiger partial charge in [-0.15, -0.1) is 0 Å². The molecule has 3 aromatic heterocycles. The SMILES string of the molecule is CC1(C)c2ccccc2-c2ccc(-c3nc(-n4c5ccccc5c5cc6c(cc54)c4cccc5c4n6-c4ccccc4-c4ccccc4-5)nc4ccccc34)cc21. The molecule has 11 aromatic rings. The molecule has 0 unspecified atom stereocenters. The van der Waals surface area contributed by atoms with Crippen LogP contribution in [0.4, 0.5) is 0 Å². The quantitative estimate of drug-likeness (QED) is 0.178. The first-order chi connectivity index (χ1) is 28.0. The van der Waals surface area contributed by atoms with Crippen molar-refractivity contribution in [2.75, 3.05) is 0 Å². The highest BCUT2D eigenvalue weighted by Gasteiger charge is 2.35. The molecule has 1 aliphatic carbocycles. The van der Waals surface area contributed by atoms with Gasteiger partial charge in [0, 0.05) is 49.0 Å². The van der Waals surface area contributed by atoms with Crippen molar-refractivity contribution in [1.29, 1.82) is 0 Å². The molecule has 2 aliphatic rings. The minimum Gasteiger partial charge on any atom is -0.308 e. The number of hydrogen-bond donors (Lipinski definition) is 0. The van der Waals surface area contributed by atoms with E-state index in [9.17, 15) is 0 Å². The molecule has 4 nitrogen and oxygen atoms in total. The van der Waals surface area contributed by atoms with Gasteiger partial charge in [-0.2, -0.15) is 0 Å². The molecular formula is C53H34N4. The van der Waals surface area contributed by atoms with Gasteiger partial charge in [-0.05, 0) is 69.8 Å². The van der Waals surface area contributed by atoms with Gasteiger partial charge in [0.2, 0.25) is 5.95 Å². The summed E-state index contributed by atoms with van der Waals surface area (Å²) in [4.78, 5) is 10.9. The van der Waals surface area contributed by atoms with Crippen molar-refractivity contribution < 1.29 is 0 Å². The molecule has 0 saturated heterocycles. The normalized spacial score (nSPS) is 13.6. The molecule has 0 fully saturated rings. The lowest BCUT2D eigenvalue weighted by molar-refractivity contribution is 0.660. The molecule has 0 N–H and O–H groups in total. The number of rotatable bonds is 2. The molecule has 13 rings (SSSR count). The predicted molar refractivity (Wildman–Crippen MR) is 236 cm³/mol. The molecule has 0 bridgehead atoms. The zero-order valence-electron chi connectivity index (χ0n) is 31.5. The second kappa shape index (κ2) is 10.9. The van der Waals surface area contributed by atoms with E-state index >= 15 is 0 Å². The Morgan fingerprint density at radius 2 is 1.02 bits per heavy atom. The van der Waals surface area contributed by atoms with E-state index in [1.54, 1.807) is 0 Å². The summed E-state index contributed by atoms with van der Waals surface area (Å²) in [5.41, 5.74) is 19.0. The van der Waals surface area contributed by atoms with Crippen molar-refractivity contribution in [3.8, 4) is 56.3 Å². The highest BCUT2D eigenvalue weighted by atomic mass is 15.2. The van der Waals surface area contributed by atoms with Crippen LogP contribution < -0.4 is 0 Å². The number of para-hydroxylation sites is 4. The lowest BCUT2D eigenvalue weighted by atomic mass is 9.82. The van der Waals surface area contributed by atoms with Crippen LogP contribution >= 0.6 is 0 Å². The third-order valence-electron chi connectivity index (χ3n) is 12.9. The predicted octanol–water partition coefficient (Wildman–Crippen LogP) is 13.4. The summed E-state index contributed by atoms with van der Waals surface area (Å²) >= 11 is 0. The molecule has 4 heterocycles. The Hall–Kier alpha value is -7.30. The molecule has 57 heavy (non-hydrogen) atoms. The molecule has 4 heteroatoms. The standard InChI is InChI=1S/C53H34N4/c1-53(2)43-22-9-5-16-34(43)35-27-26-31(28-44(35)53)50-40-19-6-10-23-45(40)54-52(55-50)57-47-25-12-8-18-37(47)41-29-48-42(30-49(41)57)39-21-13-20-38-33-15-4-3-14-32(33)36-17-7-11-24-46(36)56(48)51(38)39/h3-30H,1-2H3. The van der Waals surface area contributed by atoms with Gasteiger partial charge in [0.25, 0.3) is 0 Å². The van der Waals surface area contributed by atoms with Gasteiger partial charge in [-0.1, -0.05) is 147 Å². The molecule has 1 aliphatic heterocycles. The highest BCUT2D eigenvalue weighted by Crippen LogP contribution is 2.51. The van der Waals surface area contributed by atoms with Crippen LogP contribution in [-0.2, 0) is 5.41 Å². The summed E-state index contributed by atoms with van der Waals surface area (Å²) in [6.45, 7) is 4.67. The largest absolute Gasteiger partial charge is 0.308 e. The number of nitrogens with zero attached hydrogens (tertiary/aromatic N) is 4. The van der Waals surface area contributed by atoms with Crippen LogP contribution in [0.2, 0.25) is 0 Å². The average Bonchev–Trinajstić information content (AvgIpc) is 3.81. The van der Waals surface area contributed by atoms with Gasteiger partial charge in [0.1, 0.15) is 0 Å². The van der Waals surface area contributed by atoms with Gasteiger partial charge in [0.15, 0.2) is 0 Å². The maximum absolute atomic E-state index is 5.54. The average molecular weight is 727 g/mol. The Labute approximate surface area is 328 Å². The molecule has 266 valence electrons. The van der Waals surface area contributed by atoms with E-state index in [1.165, 1.54) is 82.8 Å². The van der Waals surface area contributed by atoms with Crippen LogP contribution in [0, 0.1) is 0 Å². The summed E-state index contributed by atoms with van der Waals surface area (Å²) in [5, 5.41) is 5.83. The van der Waals surface area contributed by atoms with E-state index in [2.05, 4.69) is 193 Å². The summed E-state index contributed by atoms with van der Waals surface area (Å²) in [5.74, 6) is 0.669. The minimum atomic E-state index is -0.117. The fraction of sp³-hybridized carbons (Fsp3) is 0.0566. The third kappa shape index (κ3) is 4.01. The summed E-state index contributed by atoms with van der Waals surface area (Å²) in [6.07, 6.45) is 0. The topological polar surface area (TPSA) is 35.6 Å². The lowest BCUT2D eigenvalue weighted by Crippen LogP contribution is -2.15. The highest BCUT2D eigenvalue weighted by molar-refractivity contribution is 6.22. The lowest BCUT2D eigenvalue weighted by Gasteiger charge is -2.22. The van der Waals surface area contributed by atoms with E-state index in [-0.39, 0.29) is 5.41 Å². The van der Waals surface area contributed by atoms with E-state index in [1.807, 2.05) is 0 Å². The van der Waals surface area contributed by atoms with E-state index in [4.69, 9.17) is 9.97 Å². The van der Waals surface area contributed by atoms with E-state index < -0.39 is 0 Å². The third-order valence-corrected chi connectivity index (χ3v) is 12.9. The monoisotopic (exact) mass is 726 g/mol. The van der Waals surface area contributed by atoms with Crippen LogP contribution in [-0.4, -0.2) is 19.1 Å². The molecule has 0 amide bonds. The molecule has 0 saturated carbocycles. The van der Waals surface area contributed by atoms with Crippen molar-refractivity contribution in [3.63, 3.8) is 0 Å². The van der Waals surface area contributed by atoms with Crippen molar-refractivity contribution in [2.45, 2.75) is 19.3 Å². The fourth-order valence-corrected chi connectivity index (χ4v) is 10.3. The Morgan fingerprint density at radius 3 is 1.88 bits per heavy atom. The van der Waals surface area contributed by atoms with Crippen molar-refractivity contribution in [2.24, 2.45) is 0 Å². The first-order valence-electron chi connectivity index (χ1n) is 19.8. The summed E-state index contributed by atoms with van der Waals surface area (Å²) in [7, 11) is 0. The second-order valence-corrected chi connectivity index (χ2v) is 16.2. The molecule has 0 spiro atoms. The van der Waals surface area contributed by atoms with Crippen LogP contribution in [0.15, 0.2) is 170 Å². The smallest absolute Gasteiger partial charge is 0.235 e. The number of hydrogen-bond acceptors (Lipinski definition) is 2. The molecular weight excluding hydrogens is 693 g/mol. The van der Waals surface area contributed by atoms with Crippen LogP contribution in [0.3, 0.4) is 0 Å². The second-order valence-electron chi connectivity index (χ2n) is 16.2. The maximum Gasteiger partial charge on any atom is 0.235 e. The van der Waals surface area contributed by atoms with Gasteiger partial charge in [0.05, 0.1) is 39.0 Å². The zero-order chi connectivity index (χ0) is 37.6. The first kappa shape index (κ1) is 31.0. The van der Waals surface area contributed by atoms with Crippen LogP contribution in [0.25, 0.3) is 111 Å². The Morgan fingerprint density at radius 1 is 0.404 bits per heavy atom. The maximum atomic E-state index is 5.54. The Balaban J connectivity index is 1.11. The first-order valence-corrected chi connectivity index (χ1v) is 19.8. The van der Waals surface area contributed by atoms with Gasteiger partial charge in [-0.3, -0.25) is 4.57 Å². The number of benzene rings is 8. The minimum absolute atomic E-state index is 0.117. The van der Waals surface area contributed by atoms with Crippen molar-refractivity contribution >= 4 is 54.5 Å². The number of aromatic nitrogens is 4. The number of fused-ring (bicyclic) bond motifs is 15. The fourth-order valence-electron chi connectivity index (χ4n) is 10.3. The summed E-state index contributed by atoms with van der Waals surface area (Å²) in [6, 6.07) is 62.1. The van der Waals surface area contributed by atoms with E-state index in [0.29, 0.717) is 5.95 Å². The van der Waals surface area contributed by atoms with Gasteiger partial charge in [-0.25, -0.2) is 9.97 Å². The molecule has 8 aromatic carbocycles. The summed E-state index contributed by atoms with van der Waals surface area (Å²) < 4.78 is 4.79. The van der Waals surface area contributed by atoms with Crippen LogP contribution in [0.1, 0.15) is 25.0 Å². The van der Waals surface area contributed by atoms with Crippen molar-refractivity contribution in [3.05, 3.63) is 181 Å². The Bertz CT molecular complexity index is 3560. The van der Waals surface area contributed by atoms with Crippen molar-refractivity contribution in [1.82, 2.24) is 19.1 Å². The van der Waals surface area contributed by atoms with Gasteiger partial charge >= 0.3 is 0 Å². The molecule has 0 radical (unpaired) electrons. The van der Waals surface area contributed by atoms with Crippen LogP contribution in [0.5, 0.6) is 0 Å². The Kier molecular flexibility index (Phi) is 5.94.